The Morgan fingerprint density at radius 2 is 2.16 bits per heavy atom. The number of anilines is 2. The molecule has 0 unspecified atom stereocenters. The van der Waals surface area contributed by atoms with Gasteiger partial charge >= 0.3 is 5.97 Å². The molecular formula is C14H23N3O2. The van der Waals surface area contributed by atoms with Crippen molar-refractivity contribution in [1.29, 1.82) is 0 Å². The lowest BCUT2D eigenvalue weighted by molar-refractivity contribution is 0.0527. The number of ether oxygens (including phenoxy) is 1. The molecule has 1 aromatic carbocycles. The van der Waals surface area contributed by atoms with Crippen molar-refractivity contribution in [2.75, 3.05) is 44.8 Å². The Hall–Kier alpha value is -1.75. The van der Waals surface area contributed by atoms with E-state index in [1.165, 1.54) is 0 Å². The Kier molecular flexibility index (Phi) is 6.15. The third kappa shape index (κ3) is 5.18. The second-order valence-corrected chi connectivity index (χ2v) is 4.61. The van der Waals surface area contributed by atoms with Crippen molar-refractivity contribution in [1.82, 2.24) is 4.90 Å². The highest BCUT2D eigenvalue weighted by atomic mass is 16.5. The van der Waals surface area contributed by atoms with Crippen molar-refractivity contribution < 1.29 is 9.53 Å². The van der Waals surface area contributed by atoms with Crippen LogP contribution in [-0.2, 0) is 4.74 Å². The first kappa shape index (κ1) is 15.3. The number of esters is 1. The zero-order valence-corrected chi connectivity index (χ0v) is 11.9. The number of benzene rings is 1. The molecule has 0 aliphatic heterocycles. The summed E-state index contributed by atoms with van der Waals surface area (Å²) in [6.45, 7) is 3.99. The third-order valence-electron chi connectivity index (χ3n) is 2.66. The quantitative estimate of drug-likeness (QED) is 0.447. The molecule has 0 saturated carbocycles. The van der Waals surface area contributed by atoms with E-state index in [0.29, 0.717) is 17.9 Å². The molecule has 5 heteroatoms. The standard InChI is InChI=1S/C14H23N3O2/c1-4-19-14(18)12-10-11(6-7-13(12)15)16-8-5-9-17(2)3/h6-7,10,16H,4-5,8-9,15H2,1-3H3. The highest BCUT2D eigenvalue weighted by Crippen LogP contribution is 2.18. The Labute approximate surface area is 114 Å². The Bertz CT molecular complexity index is 419. The van der Waals surface area contributed by atoms with Crippen molar-refractivity contribution in [2.24, 2.45) is 0 Å². The minimum absolute atomic E-state index is 0.346. The molecule has 0 spiro atoms. The van der Waals surface area contributed by atoms with Gasteiger partial charge in [0.1, 0.15) is 0 Å². The summed E-state index contributed by atoms with van der Waals surface area (Å²) in [5, 5.41) is 3.27. The van der Waals surface area contributed by atoms with Crippen LogP contribution in [0.25, 0.3) is 0 Å². The fourth-order valence-electron chi connectivity index (χ4n) is 1.68. The highest BCUT2D eigenvalue weighted by Gasteiger charge is 2.11. The molecule has 0 aromatic heterocycles. The molecule has 1 rings (SSSR count). The van der Waals surface area contributed by atoms with Crippen LogP contribution in [-0.4, -0.2) is 44.7 Å². The second kappa shape index (κ2) is 7.63. The van der Waals surface area contributed by atoms with E-state index < -0.39 is 0 Å². The summed E-state index contributed by atoms with van der Waals surface area (Å²) in [6.07, 6.45) is 1.03. The molecule has 0 amide bonds. The highest BCUT2D eigenvalue weighted by molar-refractivity contribution is 5.96. The molecule has 0 aliphatic carbocycles. The monoisotopic (exact) mass is 265 g/mol. The molecule has 5 nitrogen and oxygen atoms in total. The van der Waals surface area contributed by atoms with Crippen LogP contribution >= 0.6 is 0 Å². The maximum absolute atomic E-state index is 11.7. The lowest BCUT2D eigenvalue weighted by atomic mass is 10.1. The Morgan fingerprint density at radius 1 is 1.42 bits per heavy atom. The minimum atomic E-state index is -0.378. The van der Waals surface area contributed by atoms with Crippen LogP contribution in [0.4, 0.5) is 11.4 Å². The average molecular weight is 265 g/mol. The summed E-state index contributed by atoms with van der Waals surface area (Å²) < 4.78 is 4.97. The molecule has 19 heavy (non-hydrogen) atoms. The van der Waals surface area contributed by atoms with Crippen LogP contribution in [0.5, 0.6) is 0 Å². The van der Waals surface area contributed by atoms with Crippen LogP contribution in [0.15, 0.2) is 18.2 Å². The number of nitrogen functional groups attached to an aromatic ring is 1. The number of carbonyl (C=O) groups excluding carboxylic acids is 1. The van der Waals surface area contributed by atoms with Gasteiger partial charge in [0.05, 0.1) is 12.2 Å². The summed E-state index contributed by atoms with van der Waals surface area (Å²) >= 11 is 0. The van der Waals surface area contributed by atoms with Gasteiger partial charge in [-0.25, -0.2) is 4.79 Å². The van der Waals surface area contributed by atoms with Gasteiger partial charge in [-0.05, 0) is 52.2 Å². The van der Waals surface area contributed by atoms with E-state index >= 15 is 0 Å². The van der Waals surface area contributed by atoms with Gasteiger partial charge in [0.15, 0.2) is 0 Å². The Balaban J connectivity index is 2.60. The van der Waals surface area contributed by atoms with Crippen LogP contribution in [0.3, 0.4) is 0 Å². The molecule has 0 atom stereocenters. The molecular weight excluding hydrogens is 242 g/mol. The van der Waals surface area contributed by atoms with Crippen LogP contribution < -0.4 is 11.1 Å². The van der Waals surface area contributed by atoms with Crippen LogP contribution in [0.2, 0.25) is 0 Å². The number of nitrogens with two attached hydrogens (primary N) is 1. The van der Waals surface area contributed by atoms with Crippen molar-refractivity contribution in [3.63, 3.8) is 0 Å². The van der Waals surface area contributed by atoms with Gasteiger partial charge < -0.3 is 20.7 Å². The van der Waals surface area contributed by atoms with E-state index in [1.807, 2.05) is 20.2 Å². The maximum Gasteiger partial charge on any atom is 0.340 e. The van der Waals surface area contributed by atoms with Gasteiger partial charge in [-0.1, -0.05) is 0 Å². The number of rotatable bonds is 7. The largest absolute Gasteiger partial charge is 0.462 e. The second-order valence-electron chi connectivity index (χ2n) is 4.61. The zero-order valence-electron chi connectivity index (χ0n) is 11.9. The van der Waals surface area contributed by atoms with Crippen molar-refractivity contribution >= 4 is 17.3 Å². The van der Waals surface area contributed by atoms with Gasteiger partial charge in [-0.15, -0.1) is 0 Å². The van der Waals surface area contributed by atoms with E-state index in [9.17, 15) is 4.79 Å². The number of hydrogen-bond acceptors (Lipinski definition) is 5. The summed E-state index contributed by atoms with van der Waals surface area (Å²) in [7, 11) is 4.09. The van der Waals surface area contributed by atoms with Crippen molar-refractivity contribution in [3.05, 3.63) is 23.8 Å². The first-order valence-electron chi connectivity index (χ1n) is 6.49. The van der Waals surface area contributed by atoms with E-state index in [1.54, 1.807) is 19.1 Å². The van der Waals surface area contributed by atoms with Crippen LogP contribution in [0, 0.1) is 0 Å². The average Bonchev–Trinajstić information content (AvgIpc) is 2.36. The molecule has 3 N–H and O–H groups in total. The molecule has 0 saturated heterocycles. The van der Waals surface area contributed by atoms with E-state index in [2.05, 4.69) is 10.2 Å². The summed E-state index contributed by atoms with van der Waals surface area (Å²) in [4.78, 5) is 13.8. The minimum Gasteiger partial charge on any atom is -0.462 e. The first-order valence-corrected chi connectivity index (χ1v) is 6.49. The van der Waals surface area contributed by atoms with E-state index in [0.717, 1.165) is 25.2 Å². The van der Waals surface area contributed by atoms with E-state index in [-0.39, 0.29) is 5.97 Å². The molecule has 1 aromatic rings. The molecule has 106 valence electrons. The van der Waals surface area contributed by atoms with Gasteiger partial charge in [-0.3, -0.25) is 0 Å². The Morgan fingerprint density at radius 3 is 2.79 bits per heavy atom. The third-order valence-corrected chi connectivity index (χ3v) is 2.66. The predicted octanol–water partition coefficient (Wildman–Crippen LogP) is 1.81. The lowest BCUT2D eigenvalue weighted by Gasteiger charge is -2.12. The zero-order chi connectivity index (χ0) is 14.3. The summed E-state index contributed by atoms with van der Waals surface area (Å²) in [5.74, 6) is -0.378. The molecule has 0 heterocycles. The molecule has 0 bridgehead atoms. The SMILES string of the molecule is CCOC(=O)c1cc(NCCCN(C)C)ccc1N. The fourth-order valence-corrected chi connectivity index (χ4v) is 1.68. The van der Waals surface area contributed by atoms with Gasteiger partial charge in [0, 0.05) is 17.9 Å². The van der Waals surface area contributed by atoms with E-state index in [4.69, 9.17) is 10.5 Å². The lowest BCUT2D eigenvalue weighted by Crippen LogP contribution is -2.16. The van der Waals surface area contributed by atoms with Crippen molar-refractivity contribution in [3.8, 4) is 0 Å². The topological polar surface area (TPSA) is 67.6 Å². The van der Waals surface area contributed by atoms with Gasteiger partial charge in [0.2, 0.25) is 0 Å². The summed E-state index contributed by atoms with van der Waals surface area (Å²) in [6, 6.07) is 5.33. The first-order chi connectivity index (χ1) is 9.04. The normalized spacial score (nSPS) is 10.5. The van der Waals surface area contributed by atoms with Gasteiger partial charge in [-0.2, -0.15) is 0 Å². The van der Waals surface area contributed by atoms with Crippen LogP contribution in [0.1, 0.15) is 23.7 Å². The molecule has 0 radical (unpaired) electrons. The van der Waals surface area contributed by atoms with Crippen molar-refractivity contribution in [2.45, 2.75) is 13.3 Å². The number of hydrogen-bond donors (Lipinski definition) is 2. The molecule has 0 fully saturated rings. The predicted molar refractivity (Wildman–Crippen MR) is 78.5 cm³/mol. The maximum atomic E-state index is 11.7. The summed E-state index contributed by atoms with van der Waals surface area (Å²) in [5.41, 5.74) is 7.52. The van der Waals surface area contributed by atoms with Gasteiger partial charge in [0.25, 0.3) is 0 Å². The number of nitrogens with one attached hydrogen (secondary N) is 1. The smallest absolute Gasteiger partial charge is 0.340 e. The number of carbonyl (C=O) groups is 1. The fraction of sp³-hybridized carbons (Fsp3) is 0.500. The number of nitrogens with zero attached hydrogens (tertiary/aromatic N) is 1. The molecule has 0 aliphatic rings.